The van der Waals surface area contributed by atoms with Crippen molar-refractivity contribution in [3.8, 4) is 0 Å². The smallest absolute Gasteiger partial charge is 0.00728 e. The third kappa shape index (κ3) is 2.94. The third-order valence-electron chi connectivity index (χ3n) is 6.57. The van der Waals surface area contributed by atoms with Gasteiger partial charge < -0.3 is 5.32 Å². The molecular weight excluding hydrogens is 274 g/mol. The van der Waals surface area contributed by atoms with Crippen LogP contribution in [0.25, 0.3) is 0 Å². The van der Waals surface area contributed by atoms with Crippen LogP contribution in [0.3, 0.4) is 0 Å². The molecule has 1 atom stereocenters. The molecule has 116 valence electrons. The molecule has 0 aromatic carbocycles. The fourth-order valence-corrected chi connectivity index (χ4v) is 6.91. The number of rotatable bonds is 6. The predicted molar refractivity (Wildman–Crippen MR) is 90.7 cm³/mol. The summed E-state index contributed by atoms with van der Waals surface area (Å²) in [5, 5.41) is 5.86. The summed E-state index contributed by atoms with van der Waals surface area (Å²) in [6.45, 7) is 0. The number of hydrogen-bond acceptors (Lipinski definition) is 2. The Morgan fingerprint density at radius 1 is 1.19 bits per heavy atom. The molecule has 1 aromatic heterocycles. The summed E-state index contributed by atoms with van der Waals surface area (Å²) in [6, 6.07) is 5.21. The van der Waals surface area contributed by atoms with Crippen molar-refractivity contribution in [1.29, 1.82) is 0 Å². The van der Waals surface area contributed by atoms with Crippen LogP contribution < -0.4 is 5.32 Å². The highest BCUT2D eigenvalue weighted by Gasteiger charge is 2.51. The second-order valence-electron chi connectivity index (χ2n) is 8.23. The summed E-state index contributed by atoms with van der Waals surface area (Å²) in [6.07, 6.45) is 13.4. The highest BCUT2D eigenvalue weighted by molar-refractivity contribution is 7.09. The van der Waals surface area contributed by atoms with Crippen LogP contribution in [0.5, 0.6) is 0 Å². The standard InChI is InChI=1S/C19H29NS/c1-20-17(4-5-18-3-2-6-21-18)13-19-10-14-7-15(11-19)9-16(8-14)12-19/h2-3,6,14-17,20H,4-5,7-13H2,1H3. The van der Waals surface area contributed by atoms with Crippen molar-refractivity contribution in [3.63, 3.8) is 0 Å². The maximum atomic E-state index is 3.64. The monoisotopic (exact) mass is 303 g/mol. The molecule has 1 N–H and O–H groups in total. The van der Waals surface area contributed by atoms with E-state index in [1.807, 2.05) is 11.3 Å². The molecular formula is C19H29NS. The van der Waals surface area contributed by atoms with E-state index in [4.69, 9.17) is 0 Å². The molecule has 5 rings (SSSR count). The van der Waals surface area contributed by atoms with Crippen LogP contribution in [0.2, 0.25) is 0 Å². The van der Waals surface area contributed by atoms with Gasteiger partial charge in [0, 0.05) is 10.9 Å². The third-order valence-corrected chi connectivity index (χ3v) is 7.51. The zero-order valence-electron chi connectivity index (χ0n) is 13.3. The summed E-state index contributed by atoms with van der Waals surface area (Å²) < 4.78 is 0. The molecule has 0 saturated heterocycles. The van der Waals surface area contributed by atoms with Crippen molar-refractivity contribution >= 4 is 11.3 Å². The molecule has 4 aliphatic rings. The second-order valence-corrected chi connectivity index (χ2v) is 9.26. The molecule has 0 spiro atoms. The van der Waals surface area contributed by atoms with E-state index in [0.717, 1.165) is 29.2 Å². The van der Waals surface area contributed by atoms with E-state index < -0.39 is 0 Å². The predicted octanol–water partition coefficient (Wildman–Crippen LogP) is 4.88. The summed E-state index contributed by atoms with van der Waals surface area (Å²) in [5.41, 5.74) is 0.720. The molecule has 1 unspecified atom stereocenters. The Morgan fingerprint density at radius 3 is 2.38 bits per heavy atom. The van der Waals surface area contributed by atoms with Crippen LogP contribution in [-0.4, -0.2) is 13.1 Å². The van der Waals surface area contributed by atoms with Gasteiger partial charge in [0.25, 0.3) is 0 Å². The minimum atomic E-state index is 0.720. The Labute approximate surface area is 133 Å². The Hall–Kier alpha value is -0.340. The van der Waals surface area contributed by atoms with Crippen molar-refractivity contribution in [2.75, 3.05) is 7.05 Å². The van der Waals surface area contributed by atoms with Gasteiger partial charge in [-0.25, -0.2) is 0 Å². The van der Waals surface area contributed by atoms with Crippen LogP contribution in [0.4, 0.5) is 0 Å². The van der Waals surface area contributed by atoms with Gasteiger partial charge in [-0.1, -0.05) is 6.07 Å². The quantitative estimate of drug-likeness (QED) is 0.790. The van der Waals surface area contributed by atoms with E-state index in [9.17, 15) is 0 Å². The molecule has 0 amide bonds. The highest BCUT2D eigenvalue weighted by Crippen LogP contribution is 2.61. The maximum absolute atomic E-state index is 3.64. The highest BCUT2D eigenvalue weighted by atomic mass is 32.1. The van der Waals surface area contributed by atoms with Crippen LogP contribution in [0.1, 0.15) is 56.2 Å². The minimum absolute atomic E-state index is 0.720. The summed E-state index contributed by atoms with van der Waals surface area (Å²) in [4.78, 5) is 1.56. The normalized spacial score (nSPS) is 38.8. The Bertz CT molecular complexity index is 429. The van der Waals surface area contributed by atoms with Gasteiger partial charge in [0.15, 0.2) is 0 Å². The molecule has 1 heterocycles. The zero-order valence-corrected chi connectivity index (χ0v) is 14.1. The van der Waals surface area contributed by atoms with Gasteiger partial charge in [-0.2, -0.15) is 0 Å². The second kappa shape index (κ2) is 5.70. The molecule has 2 heteroatoms. The zero-order chi connectivity index (χ0) is 14.3. The lowest BCUT2D eigenvalue weighted by molar-refractivity contribution is -0.0620. The van der Waals surface area contributed by atoms with E-state index >= 15 is 0 Å². The fraction of sp³-hybridized carbons (Fsp3) is 0.789. The summed E-state index contributed by atoms with van der Waals surface area (Å²) in [5.74, 6) is 3.27. The van der Waals surface area contributed by atoms with Gasteiger partial charge in [0.05, 0.1) is 0 Å². The van der Waals surface area contributed by atoms with Gasteiger partial charge >= 0.3 is 0 Å². The molecule has 4 saturated carbocycles. The van der Waals surface area contributed by atoms with E-state index in [1.54, 1.807) is 43.4 Å². The van der Waals surface area contributed by atoms with Gasteiger partial charge in [-0.05, 0) is 99.5 Å². The lowest BCUT2D eigenvalue weighted by Crippen LogP contribution is -2.48. The lowest BCUT2D eigenvalue weighted by Gasteiger charge is -2.57. The first-order valence-corrected chi connectivity index (χ1v) is 9.82. The molecule has 4 fully saturated rings. The first-order chi connectivity index (χ1) is 10.2. The first kappa shape index (κ1) is 14.3. The molecule has 0 aliphatic heterocycles. The van der Waals surface area contributed by atoms with Crippen LogP contribution in [-0.2, 0) is 6.42 Å². The molecule has 21 heavy (non-hydrogen) atoms. The lowest BCUT2D eigenvalue weighted by atomic mass is 9.48. The SMILES string of the molecule is CNC(CCc1cccs1)CC12CC3CC(CC(C3)C1)C2. The molecule has 1 aromatic rings. The van der Waals surface area contributed by atoms with Crippen molar-refractivity contribution in [1.82, 2.24) is 5.32 Å². The number of thiophene rings is 1. The van der Waals surface area contributed by atoms with Crippen molar-refractivity contribution in [2.24, 2.45) is 23.2 Å². The van der Waals surface area contributed by atoms with Gasteiger partial charge in [0.2, 0.25) is 0 Å². The summed E-state index contributed by atoms with van der Waals surface area (Å²) >= 11 is 1.92. The molecule has 1 nitrogen and oxygen atoms in total. The Kier molecular flexibility index (Phi) is 3.87. The molecule has 4 bridgehead atoms. The van der Waals surface area contributed by atoms with E-state index in [1.165, 1.54) is 19.3 Å². The Balaban J connectivity index is 1.39. The van der Waals surface area contributed by atoms with Crippen molar-refractivity contribution in [3.05, 3.63) is 22.4 Å². The van der Waals surface area contributed by atoms with Crippen LogP contribution in [0.15, 0.2) is 17.5 Å². The topological polar surface area (TPSA) is 12.0 Å². The van der Waals surface area contributed by atoms with E-state index in [-0.39, 0.29) is 0 Å². The minimum Gasteiger partial charge on any atom is -0.317 e. The summed E-state index contributed by atoms with van der Waals surface area (Å²) in [7, 11) is 2.18. The van der Waals surface area contributed by atoms with Crippen LogP contribution >= 0.6 is 11.3 Å². The van der Waals surface area contributed by atoms with Crippen LogP contribution in [0, 0.1) is 23.2 Å². The van der Waals surface area contributed by atoms with E-state index in [0.29, 0.717) is 0 Å². The maximum Gasteiger partial charge on any atom is 0.00728 e. The number of aryl methyl sites for hydroxylation is 1. The molecule has 0 radical (unpaired) electrons. The number of hydrogen-bond donors (Lipinski definition) is 1. The average molecular weight is 304 g/mol. The van der Waals surface area contributed by atoms with Gasteiger partial charge in [-0.15, -0.1) is 11.3 Å². The van der Waals surface area contributed by atoms with E-state index in [2.05, 4.69) is 29.9 Å². The largest absolute Gasteiger partial charge is 0.317 e. The van der Waals surface area contributed by atoms with Gasteiger partial charge in [0.1, 0.15) is 0 Å². The van der Waals surface area contributed by atoms with Crippen molar-refractivity contribution in [2.45, 2.75) is 63.8 Å². The van der Waals surface area contributed by atoms with Gasteiger partial charge in [-0.3, -0.25) is 0 Å². The Morgan fingerprint density at radius 2 is 1.86 bits per heavy atom. The molecule has 4 aliphatic carbocycles. The fourth-order valence-electron chi connectivity index (χ4n) is 6.18. The first-order valence-electron chi connectivity index (χ1n) is 8.94. The number of nitrogens with one attached hydrogen (secondary N) is 1. The average Bonchev–Trinajstić information content (AvgIpc) is 2.95. The van der Waals surface area contributed by atoms with Crippen molar-refractivity contribution < 1.29 is 0 Å².